The van der Waals surface area contributed by atoms with E-state index in [-0.39, 0.29) is 28.8 Å². The van der Waals surface area contributed by atoms with E-state index in [4.69, 9.17) is 10.5 Å². The molecule has 1 aromatic carbocycles. The SMILES string of the molecule is CC(C)(C)OC(=O)N1CCC(c2cc(=O)[nH]c3c(C(N)=O)c(-c4ccccc4)nn23)CC1. The Balaban J connectivity index is 1.70. The molecule has 1 aliphatic heterocycles. The molecule has 0 aliphatic carbocycles. The first kappa shape index (κ1) is 21.6. The molecule has 0 unspecified atom stereocenters. The van der Waals surface area contributed by atoms with Gasteiger partial charge in [0.25, 0.3) is 11.5 Å². The number of nitrogens with zero attached hydrogens (tertiary/aromatic N) is 3. The number of aromatic nitrogens is 3. The fourth-order valence-corrected chi connectivity index (χ4v) is 4.08. The molecule has 0 spiro atoms. The van der Waals surface area contributed by atoms with Gasteiger partial charge in [0.1, 0.15) is 22.5 Å². The average Bonchev–Trinajstić information content (AvgIpc) is 3.12. The molecule has 3 heterocycles. The predicted molar refractivity (Wildman–Crippen MR) is 120 cm³/mol. The second-order valence-corrected chi connectivity index (χ2v) is 9.01. The lowest BCUT2D eigenvalue weighted by Gasteiger charge is -2.33. The lowest BCUT2D eigenvalue weighted by molar-refractivity contribution is 0.0203. The molecule has 9 heteroatoms. The van der Waals surface area contributed by atoms with Crippen molar-refractivity contribution in [2.75, 3.05) is 13.1 Å². The number of likely N-dealkylation sites (tertiary alicyclic amines) is 1. The average molecular weight is 438 g/mol. The minimum Gasteiger partial charge on any atom is -0.444 e. The predicted octanol–water partition coefficient (Wildman–Crippen LogP) is 2.90. The van der Waals surface area contributed by atoms with Crippen LogP contribution in [-0.4, -0.2) is 50.2 Å². The Morgan fingerprint density at radius 1 is 1.16 bits per heavy atom. The van der Waals surface area contributed by atoms with Gasteiger partial charge in [0.2, 0.25) is 0 Å². The van der Waals surface area contributed by atoms with E-state index in [0.717, 1.165) is 5.56 Å². The Hall–Kier alpha value is -3.62. The van der Waals surface area contributed by atoms with Crippen molar-refractivity contribution in [1.82, 2.24) is 19.5 Å². The van der Waals surface area contributed by atoms with E-state index in [1.54, 1.807) is 9.42 Å². The molecule has 32 heavy (non-hydrogen) atoms. The molecule has 1 aliphatic rings. The number of nitrogens with one attached hydrogen (secondary N) is 1. The maximum Gasteiger partial charge on any atom is 0.410 e. The number of amides is 2. The second kappa shape index (κ2) is 8.14. The van der Waals surface area contributed by atoms with Crippen molar-refractivity contribution in [3.63, 3.8) is 0 Å². The molecule has 3 aromatic rings. The first-order valence-corrected chi connectivity index (χ1v) is 10.6. The Morgan fingerprint density at radius 2 is 1.81 bits per heavy atom. The summed E-state index contributed by atoms with van der Waals surface area (Å²) in [5, 5.41) is 4.66. The van der Waals surface area contributed by atoms with Gasteiger partial charge in [0.05, 0.1) is 5.69 Å². The molecular formula is C23H27N5O4. The molecule has 168 valence electrons. The van der Waals surface area contributed by atoms with E-state index >= 15 is 0 Å². The highest BCUT2D eigenvalue weighted by Crippen LogP contribution is 2.31. The first-order valence-electron chi connectivity index (χ1n) is 10.6. The van der Waals surface area contributed by atoms with Gasteiger partial charge in [0.15, 0.2) is 0 Å². The van der Waals surface area contributed by atoms with Crippen molar-refractivity contribution in [3.05, 3.63) is 58.0 Å². The van der Waals surface area contributed by atoms with Crippen LogP contribution in [0.3, 0.4) is 0 Å². The molecule has 0 radical (unpaired) electrons. The van der Waals surface area contributed by atoms with Crippen molar-refractivity contribution in [3.8, 4) is 11.3 Å². The van der Waals surface area contributed by atoms with E-state index in [1.807, 2.05) is 51.1 Å². The topological polar surface area (TPSA) is 123 Å². The fourth-order valence-electron chi connectivity index (χ4n) is 4.08. The lowest BCUT2D eigenvalue weighted by atomic mass is 9.93. The van der Waals surface area contributed by atoms with Crippen LogP contribution >= 0.6 is 0 Å². The number of hydrogen-bond donors (Lipinski definition) is 2. The van der Waals surface area contributed by atoms with Crippen molar-refractivity contribution in [1.29, 1.82) is 0 Å². The highest BCUT2D eigenvalue weighted by molar-refractivity contribution is 6.04. The molecular weight excluding hydrogens is 410 g/mol. The monoisotopic (exact) mass is 437 g/mol. The third-order valence-corrected chi connectivity index (χ3v) is 5.51. The van der Waals surface area contributed by atoms with E-state index in [1.165, 1.54) is 6.07 Å². The zero-order chi connectivity index (χ0) is 23.0. The van der Waals surface area contributed by atoms with Crippen LogP contribution < -0.4 is 11.3 Å². The molecule has 1 fully saturated rings. The number of hydrogen-bond acceptors (Lipinski definition) is 5. The van der Waals surface area contributed by atoms with Crippen LogP contribution in [0, 0.1) is 0 Å². The van der Waals surface area contributed by atoms with Gasteiger partial charge in [-0.2, -0.15) is 5.10 Å². The Bertz CT molecular complexity index is 1210. The van der Waals surface area contributed by atoms with Gasteiger partial charge in [-0.1, -0.05) is 30.3 Å². The smallest absolute Gasteiger partial charge is 0.410 e. The number of H-pyrrole nitrogens is 1. The zero-order valence-corrected chi connectivity index (χ0v) is 18.4. The number of primary amides is 1. The van der Waals surface area contributed by atoms with Gasteiger partial charge in [0, 0.05) is 30.6 Å². The summed E-state index contributed by atoms with van der Waals surface area (Å²) in [6.45, 7) is 6.52. The number of ether oxygens (including phenoxy) is 1. The molecule has 0 atom stereocenters. The van der Waals surface area contributed by atoms with Crippen LogP contribution in [0.25, 0.3) is 16.9 Å². The maximum atomic E-state index is 12.5. The molecule has 1 saturated heterocycles. The molecule has 4 rings (SSSR count). The molecule has 2 aromatic heterocycles. The van der Waals surface area contributed by atoms with E-state index in [2.05, 4.69) is 10.1 Å². The van der Waals surface area contributed by atoms with Crippen LogP contribution in [0.5, 0.6) is 0 Å². The molecule has 2 amide bonds. The van der Waals surface area contributed by atoms with Crippen LogP contribution in [0.1, 0.15) is 55.6 Å². The highest BCUT2D eigenvalue weighted by atomic mass is 16.6. The van der Waals surface area contributed by atoms with Crippen molar-refractivity contribution < 1.29 is 14.3 Å². The van der Waals surface area contributed by atoms with Gasteiger partial charge in [-0.25, -0.2) is 9.31 Å². The number of rotatable bonds is 3. The first-order chi connectivity index (χ1) is 15.1. The summed E-state index contributed by atoms with van der Waals surface area (Å²) in [6.07, 6.45) is 0.947. The normalized spacial score (nSPS) is 15.2. The molecule has 0 bridgehead atoms. The maximum absolute atomic E-state index is 12.5. The summed E-state index contributed by atoms with van der Waals surface area (Å²) in [6, 6.07) is 10.7. The van der Waals surface area contributed by atoms with E-state index in [9.17, 15) is 14.4 Å². The van der Waals surface area contributed by atoms with Crippen LogP contribution in [-0.2, 0) is 4.74 Å². The number of aromatic amines is 1. The van der Waals surface area contributed by atoms with Crippen LogP contribution in [0.4, 0.5) is 4.79 Å². The van der Waals surface area contributed by atoms with Gasteiger partial charge in [-0.05, 0) is 33.6 Å². The highest BCUT2D eigenvalue weighted by Gasteiger charge is 2.30. The Kier molecular flexibility index (Phi) is 5.50. The fraction of sp³-hybridized carbons (Fsp3) is 0.391. The molecule has 9 nitrogen and oxygen atoms in total. The summed E-state index contributed by atoms with van der Waals surface area (Å²) in [5.41, 5.74) is 7.10. The van der Waals surface area contributed by atoms with E-state index in [0.29, 0.717) is 37.3 Å². The largest absolute Gasteiger partial charge is 0.444 e. The van der Waals surface area contributed by atoms with Gasteiger partial charge in [-0.15, -0.1) is 0 Å². The summed E-state index contributed by atoms with van der Waals surface area (Å²) in [4.78, 5) is 41.5. The van der Waals surface area contributed by atoms with E-state index < -0.39 is 11.5 Å². The van der Waals surface area contributed by atoms with Crippen molar-refractivity contribution in [2.45, 2.75) is 45.1 Å². The number of carbonyl (C=O) groups excluding carboxylic acids is 2. The third kappa shape index (κ3) is 4.23. The van der Waals surface area contributed by atoms with Crippen LogP contribution in [0.15, 0.2) is 41.2 Å². The summed E-state index contributed by atoms with van der Waals surface area (Å²) < 4.78 is 7.07. The number of nitrogens with two attached hydrogens (primary N) is 1. The van der Waals surface area contributed by atoms with Crippen molar-refractivity contribution >= 4 is 17.6 Å². The number of benzene rings is 1. The Morgan fingerprint density at radius 3 is 2.41 bits per heavy atom. The summed E-state index contributed by atoms with van der Waals surface area (Å²) in [5.74, 6) is -0.672. The standard InChI is InChI=1S/C23H27N5O4/c1-23(2,3)32-22(31)27-11-9-14(10-12-27)16-13-17(29)25-21-18(20(24)30)19(26-28(16)21)15-7-5-4-6-8-15/h4-8,13-14H,9-12H2,1-3H3,(H2,24,30)(H,25,29). The van der Waals surface area contributed by atoms with Crippen molar-refractivity contribution in [2.24, 2.45) is 5.73 Å². The third-order valence-electron chi connectivity index (χ3n) is 5.51. The second-order valence-electron chi connectivity index (χ2n) is 9.01. The number of fused-ring (bicyclic) bond motifs is 1. The zero-order valence-electron chi connectivity index (χ0n) is 18.4. The lowest BCUT2D eigenvalue weighted by Crippen LogP contribution is -2.41. The number of piperidine rings is 1. The Labute approximate surface area is 185 Å². The summed E-state index contributed by atoms with van der Waals surface area (Å²) >= 11 is 0. The van der Waals surface area contributed by atoms with Gasteiger partial charge < -0.3 is 20.4 Å². The quantitative estimate of drug-likeness (QED) is 0.652. The van der Waals surface area contributed by atoms with Crippen LogP contribution in [0.2, 0.25) is 0 Å². The number of carbonyl (C=O) groups is 2. The summed E-state index contributed by atoms with van der Waals surface area (Å²) in [7, 11) is 0. The molecule has 0 saturated carbocycles. The minimum absolute atomic E-state index is 0.0114. The molecule has 3 N–H and O–H groups in total. The van der Waals surface area contributed by atoms with Gasteiger partial charge >= 0.3 is 6.09 Å². The van der Waals surface area contributed by atoms with Gasteiger partial charge in [-0.3, -0.25) is 9.59 Å². The minimum atomic E-state index is -0.661.